The molecule has 4 nitrogen and oxygen atoms in total. The van der Waals surface area contributed by atoms with Crippen LogP contribution in [0.3, 0.4) is 0 Å². The molecule has 18 heavy (non-hydrogen) atoms. The van der Waals surface area contributed by atoms with Gasteiger partial charge in [0.25, 0.3) is 0 Å². The number of halogens is 2. The molecule has 0 aliphatic heterocycles. The molecule has 2 N–H and O–H groups in total. The van der Waals surface area contributed by atoms with E-state index in [2.05, 4.69) is 4.74 Å². The Kier molecular flexibility index (Phi) is 5.80. The number of hydrogen-bond acceptors (Lipinski definition) is 4. The summed E-state index contributed by atoms with van der Waals surface area (Å²) in [7, 11) is 3.35. The van der Waals surface area contributed by atoms with Crippen LogP contribution in [0.4, 0.5) is 8.78 Å². The molecule has 0 aromatic heterocycles. The van der Waals surface area contributed by atoms with Gasteiger partial charge < -0.3 is 20.1 Å². The van der Waals surface area contributed by atoms with Gasteiger partial charge in [-0.05, 0) is 24.7 Å². The molecular weight excluding hydrogens is 242 g/mol. The molecule has 0 saturated heterocycles. The largest absolute Gasteiger partial charge is 0.493 e. The van der Waals surface area contributed by atoms with Gasteiger partial charge in [-0.1, -0.05) is 6.07 Å². The number of methoxy groups -OCH3 is 1. The third-order valence-electron chi connectivity index (χ3n) is 2.41. The average molecular weight is 260 g/mol. The SMILES string of the molecule is COc1cc(CN(C)CCN)ccc1OC(F)F. The summed E-state index contributed by atoms with van der Waals surface area (Å²) in [5, 5.41) is 0. The van der Waals surface area contributed by atoms with Crippen molar-refractivity contribution in [3.63, 3.8) is 0 Å². The molecule has 0 fully saturated rings. The number of nitrogens with two attached hydrogens (primary N) is 1. The van der Waals surface area contributed by atoms with Crippen LogP contribution in [0.1, 0.15) is 5.56 Å². The van der Waals surface area contributed by atoms with Gasteiger partial charge in [-0.2, -0.15) is 8.78 Å². The van der Waals surface area contributed by atoms with Crippen LogP contribution in [-0.4, -0.2) is 38.8 Å². The first-order valence-corrected chi connectivity index (χ1v) is 5.57. The smallest absolute Gasteiger partial charge is 0.387 e. The molecule has 0 amide bonds. The molecule has 0 unspecified atom stereocenters. The minimum Gasteiger partial charge on any atom is -0.493 e. The number of nitrogens with zero attached hydrogens (tertiary/aromatic N) is 1. The van der Waals surface area contributed by atoms with Crippen LogP contribution >= 0.6 is 0 Å². The van der Waals surface area contributed by atoms with E-state index in [-0.39, 0.29) is 5.75 Å². The van der Waals surface area contributed by atoms with Crippen molar-refractivity contribution in [1.82, 2.24) is 4.90 Å². The minimum atomic E-state index is -2.86. The third-order valence-corrected chi connectivity index (χ3v) is 2.41. The summed E-state index contributed by atoms with van der Waals surface area (Å²) >= 11 is 0. The molecule has 0 bridgehead atoms. The van der Waals surface area contributed by atoms with E-state index in [1.807, 2.05) is 11.9 Å². The Morgan fingerprint density at radius 2 is 2.06 bits per heavy atom. The number of benzene rings is 1. The highest BCUT2D eigenvalue weighted by molar-refractivity contribution is 5.42. The number of hydrogen-bond donors (Lipinski definition) is 1. The van der Waals surface area contributed by atoms with Crippen LogP contribution in [0, 0.1) is 0 Å². The molecular formula is C12H18F2N2O2. The molecule has 0 aliphatic carbocycles. The highest BCUT2D eigenvalue weighted by atomic mass is 19.3. The van der Waals surface area contributed by atoms with E-state index in [0.717, 1.165) is 12.1 Å². The third kappa shape index (κ3) is 4.46. The molecule has 0 atom stereocenters. The van der Waals surface area contributed by atoms with E-state index >= 15 is 0 Å². The van der Waals surface area contributed by atoms with Crippen molar-refractivity contribution in [2.45, 2.75) is 13.2 Å². The molecule has 102 valence electrons. The zero-order valence-corrected chi connectivity index (χ0v) is 10.5. The Labute approximate surface area is 105 Å². The standard InChI is InChI=1S/C12H18F2N2O2/c1-16(6-5-15)8-9-3-4-10(18-12(13)14)11(7-9)17-2/h3-4,7,12H,5-6,8,15H2,1-2H3. The van der Waals surface area contributed by atoms with Crippen LogP contribution in [0.15, 0.2) is 18.2 Å². The highest BCUT2D eigenvalue weighted by Crippen LogP contribution is 2.29. The van der Waals surface area contributed by atoms with Crippen LogP contribution in [0.2, 0.25) is 0 Å². The fraction of sp³-hybridized carbons (Fsp3) is 0.500. The van der Waals surface area contributed by atoms with Gasteiger partial charge in [0.2, 0.25) is 0 Å². The maximum absolute atomic E-state index is 12.1. The predicted molar refractivity (Wildman–Crippen MR) is 65.0 cm³/mol. The zero-order chi connectivity index (χ0) is 13.5. The fourth-order valence-corrected chi connectivity index (χ4v) is 1.61. The molecule has 1 rings (SSSR count). The number of likely N-dealkylation sites (N-methyl/N-ethyl adjacent to an activating group) is 1. The summed E-state index contributed by atoms with van der Waals surface area (Å²) in [4.78, 5) is 2.03. The molecule has 0 spiro atoms. The van der Waals surface area contributed by atoms with E-state index in [9.17, 15) is 8.78 Å². The summed E-state index contributed by atoms with van der Waals surface area (Å²) in [6.45, 7) is -0.856. The average Bonchev–Trinajstić information content (AvgIpc) is 2.30. The van der Waals surface area contributed by atoms with Crippen molar-refractivity contribution in [3.05, 3.63) is 23.8 Å². The van der Waals surface area contributed by atoms with Crippen molar-refractivity contribution in [1.29, 1.82) is 0 Å². The second kappa shape index (κ2) is 7.13. The van der Waals surface area contributed by atoms with Crippen molar-refractivity contribution < 1.29 is 18.3 Å². The van der Waals surface area contributed by atoms with Crippen LogP contribution in [-0.2, 0) is 6.54 Å². The molecule has 1 aromatic rings. The van der Waals surface area contributed by atoms with Crippen molar-refractivity contribution in [3.8, 4) is 11.5 Å². The Morgan fingerprint density at radius 1 is 1.33 bits per heavy atom. The van der Waals surface area contributed by atoms with Crippen LogP contribution in [0.5, 0.6) is 11.5 Å². The molecule has 0 heterocycles. The lowest BCUT2D eigenvalue weighted by Crippen LogP contribution is -2.24. The Hall–Kier alpha value is -1.40. The van der Waals surface area contributed by atoms with Gasteiger partial charge >= 0.3 is 6.61 Å². The predicted octanol–water partition coefficient (Wildman–Crippen LogP) is 1.69. The van der Waals surface area contributed by atoms with Crippen molar-refractivity contribution >= 4 is 0 Å². The Balaban J connectivity index is 2.78. The molecule has 0 aliphatic rings. The van der Waals surface area contributed by atoms with Crippen molar-refractivity contribution in [2.75, 3.05) is 27.2 Å². The second-order valence-electron chi connectivity index (χ2n) is 3.89. The van der Waals surface area contributed by atoms with Gasteiger partial charge in [-0.15, -0.1) is 0 Å². The maximum atomic E-state index is 12.1. The Morgan fingerprint density at radius 3 is 2.61 bits per heavy atom. The summed E-state index contributed by atoms with van der Waals surface area (Å²) in [6, 6.07) is 4.90. The highest BCUT2D eigenvalue weighted by Gasteiger charge is 2.11. The number of ether oxygens (including phenoxy) is 2. The second-order valence-corrected chi connectivity index (χ2v) is 3.89. The van der Waals surface area contributed by atoms with Gasteiger partial charge in [-0.25, -0.2) is 0 Å². The quantitative estimate of drug-likeness (QED) is 0.810. The van der Waals surface area contributed by atoms with Crippen LogP contribution in [0.25, 0.3) is 0 Å². The lowest BCUT2D eigenvalue weighted by molar-refractivity contribution is -0.0512. The Bertz CT molecular complexity index is 375. The summed E-state index contributed by atoms with van der Waals surface area (Å²) in [6.07, 6.45) is 0. The van der Waals surface area contributed by atoms with Crippen molar-refractivity contribution in [2.24, 2.45) is 5.73 Å². The molecule has 1 aromatic carbocycles. The molecule has 0 radical (unpaired) electrons. The van der Waals surface area contributed by atoms with Crippen LogP contribution < -0.4 is 15.2 Å². The lowest BCUT2D eigenvalue weighted by Gasteiger charge is -2.17. The van der Waals surface area contributed by atoms with Gasteiger partial charge in [0.1, 0.15) is 0 Å². The zero-order valence-electron chi connectivity index (χ0n) is 10.5. The molecule has 0 saturated carbocycles. The maximum Gasteiger partial charge on any atom is 0.387 e. The number of alkyl halides is 2. The number of rotatable bonds is 7. The van der Waals surface area contributed by atoms with Gasteiger partial charge in [0, 0.05) is 19.6 Å². The normalized spacial score (nSPS) is 11.1. The first-order chi connectivity index (χ1) is 8.56. The van der Waals surface area contributed by atoms with E-state index < -0.39 is 6.61 Å². The van der Waals surface area contributed by atoms with E-state index in [1.54, 1.807) is 12.1 Å². The monoisotopic (exact) mass is 260 g/mol. The molecule has 6 heteroatoms. The van der Waals surface area contributed by atoms with Gasteiger partial charge in [-0.3, -0.25) is 0 Å². The summed E-state index contributed by atoms with van der Waals surface area (Å²) in [5.41, 5.74) is 6.40. The van der Waals surface area contributed by atoms with Gasteiger partial charge in [0.05, 0.1) is 7.11 Å². The summed E-state index contributed by atoms with van der Waals surface area (Å²) < 4.78 is 33.7. The van der Waals surface area contributed by atoms with Gasteiger partial charge in [0.15, 0.2) is 11.5 Å². The van der Waals surface area contributed by atoms with E-state index in [1.165, 1.54) is 13.2 Å². The van der Waals surface area contributed by atoms with E-state index in [0.29, 0.717) is 18.8 Å². The first kappa shape index (κ1) is 14.7. The lowest BCUT2D eigenvalue weighted by atomic mass is 10.2. The summed E-state index contributed by atoms with van der Waals surface area (Å²) in [5.74, 6) is 0.340. The minimum absolute atomic E-state index is 0.0396. The van der Waals surface area contributed by atoms with E-state index in [4.69, 9.17) is 10.5 Å². The first-order valence-electron chi connectivity index (χ1n) is 5.57. The fourth-order valence-electron chi connectivity index (χ4n) is 1.61. The topological polar surface area (TPSA) is 47.7 Å².